The quantitative estimate of drug-likeness (QED) is 0.178. The minimum absolute atomic E-state index is 0.299. The number of piperazine rings is 1. The number of halogens is 1. The van der Waals surface area contributed by atoms with Gasteiger partial charge in [0.1, 0.15) is 11.0 Å². The summed E-state index contributed by atoms with van der Waals surface area (Å²) in [5.74, 6) is 0.560. The van der Waals surface area contributed by atoms with Gasteiger partial charge >= 0.3 is 6.03 Å². The number of carbonyl (C=O) groups is 1. The van der Waals surface area contributed by atoms with E-state index in [-0.39, 0.29) is 6.03 Å². The Morgan fingerprint density at radius 1 is 0.947 bits per heavy atom. The van der Waals surface area contributed by atoms with Crippen molar-refractivity contribution in [3.8, 4) is 0 Å². The molecule has 2 heterocycles. The fourth-order valence-corrected chi connectivity index (χ4v) is 5.32. The Hall–Kier alpha value is -3.62. The van der Waals surface area contributed by atoms with Crippen molar-refractivity contribution in [2.45, 2.75) is 38.3 Å². The Labute approximate surface area is 228 Å². The van der Waals surface area contributed by atoms with Gasteiger partial charge in [-0.15, -0.1) is 0 Å². The van der Waals surface area contributed by atoms with Crippen molar-refractivity contribution in [1.82, 2.24) is 20.1 Å². The molecule has 1 aliphatic carbocycles. The molecule has 1 aromatic heterocycles. The van der Waals surface area contributed by atoms with Gasteiger partial charge in [0.2, 0.25) is 0 Å². The van der Waals surface area contributed by atoms with Gasteiger partial charge in [-0.2, -0.15) is 0 Å². The standard InChI is InChI=1S/C29H34ClN7O/c30-27-14-9-21(19-32-27)20-33-29(38)35-23-12-10-22(11-13-23)34-26-8-4-3-7-25(26)28(31)37-17-15-36(16-18-37)24-5-1-2-6-24/h3-4,7-14,19,24,31,34H,1-2,5-6,15-18,20H2,(H2,33,35,38). The topological polar surface area (TPSA) is 96.4 Å². The second-order valence-electron chi connectivity index (χ2n) is 9.85. The lowest BCUT2D eigenvalue weighted by atomic mass is 10.1. The van der Waals surface area contributed by atoms with Crippen molar-refractivity contribution in [1.29, 1.82) is 5.41 Å². The summed E-state index contributed by atoms with van der Waals surface area (Å²) >= 11 is 5.80. The Balaban J connectivity index is 1.15. The molecule has 0 atom stereocenters. The van der Waals surface area contributed by atoms with Gasteiger partial charge < -0.3 is 20.9 Å². The number of nitrogens with zero attached hydrogens (tertiary/aromatic N) is 3. The highest BCUT2D eigenvalue weighted by Crippen LogP contribution is 2.26. The molecule has 198 valence electrons. The van der Waals surface area contributed by atoms with E-state index in [1.807, 2.05) is 54.6 Å². The van der Waals surface area contributed by atoms with E-state index in [1.165, 1.54) is 25.7 Å². The maximum atomic E-state index is 12.3. The molecule has 0 spiro atoms. The number of aromatic nitrogens is 1. The summed E-state index contributed by atoms with van der Waals surface area (Å²) in [6.07, 6.45) is 6.99. The number of amides is 2. The van der Waals surface area contributed by atoms with Crippen LogP contribution in [0.2, 0.25) is 5.15 Å². The van der Waals surface area contributed by atoms with Crippen LogP contribution in [0.25, 0.3) is 0 Å². The minimum Gasteiger partial charge on any atom is -0.355 e. The lowest BCUT2D eigenvalue weighted by molar-refractivity contribution is 0.134. The molecule has 0 radical (unpaired) electrons. The molecular weight excluding hydrogens is 498 g/mol. The van der Waals surface area contributed by atoms with Crippen molar-refractivity contribution >= 4 is 40.5 Å². The second-order valence-corrected chi connectivity index (χ2v) is 10.2. The van der Waals surface area contributed by atoms with Gasteiger partial charge in [-0.05, 0) is 60.9 Å². The van der Waals surface area contributed by atoms with E-state index in [0.29, 0.717) is 23.2 Å². The molecule has 0 bridgehead atoms. The SMILES string of the molecule is N=C(c1ccccc1Nc1ccc(NC(=O)NCc2ccc(Cl)nc2)cc1)N1CCN(C2CCCC2)CC1. The van der Waals surface area contributed by atoms with Crippen LogP contribution in [-0.2, 0) is 6.54 Å². The van der Waals surface area contributed by atoms with Crippen LogP contribution in [-0.4, -0.2) is 58.9 Å². The van der Waals surface area contributed by atoms with Crippen molar-refractivity contribution < 1.29 is 4.79 Å². The number of carbonyl (C=O) groups excluding carboxylic acids is 1. The monoisotopic (exact) mass is 531 g/mol. The average Bonchev–Trinajstić information content (AvgIpc) is 3.49. The number of rotatable bonds is 7. The first-order chi connectivity index (χ1) is 18.5. The Morgan fingerprint density at radius 3 is 2.37 bits per heavy atom. The zero-order chi connectivity index (χ0) is 26.3. The van der Waals surface area contributed by atoms with Gasteiger partial charge in [0.05, 0.1) is 0 Å². The van der Waals surface area contributed by atoms with Gasteiger partial charge in [0.25, 0.3) is 0 Å². The van der Waals surface area contributed by atoms with Crippen molar-refractivity contribution in [2.75, 3.05) is 36.8 Å². The summed E-state index contributed by atoms with van der Waals surface area (Å²) in [6.45, 7) is 4.19. The number of benzene rings is 2. The Morgan fingerprint density at radius 2 is 1.66 bits per heavy atom. The molecule has 4 N–H and O–H groups in total. The van der Waals surface area contributed by atoms with E-state index < -0.39 is 0 Å². The fraction of sp³-hybridized carbons (Fsp3) is 0.345. The number of hydrogen-bond acceptors (Lipinski definition) is 5. The molecule has 2 amide bonds. The third-order valence-corrected chi connectivity index (χ3v) is 7.54. The Bertz CT molecular complexity index is 1230. The maximum Gasteiger partial charge on any atom is 0.319 e. The van der Waals surface area contributed by atoms with E-state index in [9.17, 15) is 4.79 Å². The summed E-state index contributed by atoms with van der Waals surface area (Å²) in [5, 5.41) is 18.5. The van der Waals surface area contributed by atoms with Crippen LogP contribution in [0.5, 0.6) is 0 Å². The predicted molar refractivity (Wildman–Crippen MR) is 154 cm³/mol. The number of anilines is 3. The van der Waals surface area contributed by atoms with Crippen LogP contribution in [0.4, 0.5) is 21.9 Å². The van der Waals surface area contributed by atoms with E-state index in [4.69, 9.17) is 17.0 Å². The largest absolute Gasteiger partial charge is 0.355 e. The smallest absolute Gasteiger partial charge is 0.319 e. The number of pyridine rings is 1. The first-order valence-corrected chi connectivity index (χ1v) is 13.6. The van der Waals surface area contributed by atoms with E-state index in [1.54, 1.807) is 12.3 Å². The van der Waals surface area contributed by atoms with Crippen LogP contribution in [0, 0.1) is 5.41 Å². The highest BCUT2D eigenvalue weighted by atomic mass is 35.5. The third-order valence-electron chi connectivity index (χ3n) is 7.32. The molecule has 1 saturated heterocycles. The third kappa shape index (κ3) is 6.62. The maximum absolute atomic E-state index is 12.3. The van der Waals surface area contributed by atoms with Crippen LogP contribution < -0.4 is 16.0 Å². The van der Waals surface area contributed by atoms with Gasteiger partial charge in [0, 0.05) is 67.6 Å². The lowest BCUT2D eigenvalue weighted by Gasteiger charge is -2.39. The number of amidine groups is 1. The second kappa shape index (κ2) is 12.3. The van der Waals surface area contributed by atoms with Crippen molar-refractivity contribution in [2.24, 2.45) is 0 Å². The number of nitrogens with one attached hydrogen (secondary N) is 4. The highest BCUT2D eigenvalue weighted by molar-refractivity contribution is 6.29. The molecule has 5 rings (SSSR count). The zero-order valence-corrected chi connectivity index (χ0v) is 22.2. The number of para-hydroxylation sites is 1. The molecular formula is C29H34ClN7O. The summed E-state index contributed by atoms with van der Waals surface area (Å²) in [6, 6.07) is 19.5. The summed E-state index contributed by atoms with van der Waals surface area (Å²) in [5.41, 5.74) is 4.22. The molecule has 0 unspecified atom stereocenters. The van der Waals surface area contributed by atoms with Gasteiger partial charge in [-0.1, -0.05) is 42.6 Å². The minimum atomic E-state index is -0.299. The first-order valence-electron chi connectivity index (χ1n) is 13.2. The van der Waals surface area contributed by atoms with Crippen LogP contribution in [0.15, 0.2) is 66.9 Å². The summed E-state index contributed by atoms with van der Waals surface area (Å²) < 4.78 is 0. The number of urea groups is 1. The molecule has 38 heavy (non-hydrogen) atoms. The van der Waals surface area contributed by atoms with Gasteiger partial charge in [-0.25, -0.2) is 9.78 Å². The molecule has 2 fully saturated rings. The van der Waals surface area contributed by atoms with Crippen molar-refractivity contribution in [3.05, 3.63) is 83.1 Å². The number of hydrogen-bond donors (Lipinski definition) is 4. The summed E-state index contributed by atoms with van der Waals surface area (Å²) in [7, 11) is 0. The fourth-order valence-electron chi connectivity index (χ4n) is 5.21. The lowest BCUT2D eigenvalue weighted by Crippen LogP contribution is -2.51. The zero-order valence-electron chi connectivity index (χ0n) is 21.4. The predicted octanol–water partition coefficient (Wildman–Crippen LogP) is 5.69. The highest BCUT2D eigenvalue weighted by Gasteiger charge is 2.27. The van der Waals surface area contributed by atoms with Gasteiger partial charge in [0.15, 0.2) is 0 Å². The first kappa shape index (κ1) is 26.0. The van der Waals surface area contributed by atoms with Crippen LogP contribution >= 0.6 is 11.6 Å². The molecule has 1 aliphatic heterocycles. The molecule has 2 aromatic carbocycles. The molecule has 8 nitrogen and oxygen atoms in total. The summed E-state index contributed by atoms with van der Waals surface area (Å²) in [4.78, 5) is 21.1. The van der Waals surface area contributed by atoms with Gasteiger partial charge in [-0.3, -0.25) is 10.3 Å². The molecule has 2 aliphatic rings. The van der Waals surface area contributed by atoms with Crippen LogP contribution in [0.3, 0.4) is 0 Å². The van der Waals surface area contributed by atoms with E-state index in [2.05, 4.69) is 30.7 Å². The Kier molecular flexibility index (Phi) is 8.41. The van der Waals surface area contributed by atoms with Crippen LogP contribution in [0.1, 0.15) is 36.8 Å². The average molecular weight is 532 g/mol. The van der Waals surface area contributed by atoms with E-state index >= 15 is 0 Å². The van der Waals surface area contributed by atoms with E-state index in [0.717, 1.165) is 54.7 Å². The normalized spacial score (nSPS) is 16.3. The molecule has 9 heteroatoms. The van der Waals surface area contributed by atoms with Crippen molar-refractivity contribution in [3.63, 3.8) is 0 Å². The molecule has 1 saturated carbocycles. The molecule has 3 aromatic rings.